The number of hydrogen-bond donors (Lipinski definition) is 1. The number of rotatable bonds is 3. The van der Waals surface area contributed by atoms with Crippen LogP contribution >= 0.6 is 11.6 Å². The zero-order valence-electron chi connectivity index (χ0n) is 10.9. The average Bonchev–Trinajstić information content (AvgIpc) is 2.93. The van der Waals surface area contributed by atoms with Gasteiger partial charge in [-0.05, 0) is 35.4 Å². The maximum absolute atomic E-state index is 6.27. The van der Waals surface area contributed by atoms with Gasteiger partial charge in [-0.2, -0.15) is 0 Å². The van der Waals surface area contributed by atoms with Crippen molar-refractivity contribution in [2.24, 2.45) is 5.73 Å². The molecule has 2 aromatic rings. The summed E-state index contributed by atoms with van der Waals surface area (Å²) in [5, 5.41) is 0.543. The Kier molecular flexibility index (Phi) is 3.42. The fraction of sp³-hybridized carbons (Fsp3) is 0.200. The van der Waals surface area contributed by atoms with Gasteiger partial charge in [0.15, 0.2) is 11.5 Å². The Morgan fingerprint density at radius 3 is 2.55 bits per heavy atom. The van der Waals surface area contributed by atoms with Crippen LogP contribution < -0.4 is 19.9 Å². The number of ether oxygens (including phenoxy) is 3. The maximum Gasteiger partial charge on any atom is 0.231 e. The third kappa shape index (κ3) is 2.28. The molecule has 1 aliphatic heterocycles. The lowest BCUT2D eigenvalue weighted by atomic mass is 9.99. The van der Waals surface area contributed by atoms with Gasteiger partial charge in [-0.15, -0.1) is 0 Å². The predicted molar refractivity (Wildman–Crippen MR) is 76.6 cm³/mol. The largest absolute Gasteiger partial charge is 0.495 e. The van der Waals surface area contributed by atoms with Crippen LogP contribution in [0.3, 0.4) is 0 Å². The van der Waals surface area contributed by atoms with Crippen molar-refractivity contribution in [3.05, 3.63) is 52.5 Å². The van der Waals surface area contributed by atoms with Gasteiger partial charge in [0.1, 0.15) is 5.75 Å². The molecule has 5 heteroatoms. The van der Waals surface area contributed by atoms with Gasteiger partial charge in [0, 0.05) is 0 Å². The highest BCUT2D eigenvalue weighted by Gasteiger charge is 2.17. The molecule has 20 heavy (non-hydrogen) atoms. The second-order valence-corrected chi connectivity index (χ2v) is 4.89. The molecule has 0 spiro atoms. The van der Waals surface area contributed by atoms with Crippen molar-refractivity contribution in [2.75, 3.05) is 13.9 Å². The van der Waals surface area contributed by atoms with E-state index in [4.69, 9.17) is 31.5 Å². The summed E-state index contributed by atoms with van der Waals surface area (Å²) in [6.07, 6.45) is 0. The van der Waals surface area contributed by atoms with E-state index in [1.54, 1.807) is 7.11 Å². The maximum atomic E-state index is 6.27. The second-order valence-electron chi connectivity index (χ2n) is 4.48. The number of halogens is 1. The molecule has 2 aromatic carbocycles. The van der Waals surface area contributed by atoms with Gasteiger partial charge in [0.2, 0.25) is 6.79 Å². The highest BCUT2D eigenvalue weighted by atomic mass is 35.5. The van der Waals surface area contributed by atoms with E-state index in [9.17, 15) is 0 Å². The Morgan fingerprint density at radius 1 is 1.10 bits per heavy atom. The molecule has 0 radical (unpaired) electrons. The quantitative estimate of drug-likeness (QED) is 0.944. The SMILES string of the molecule is COc1ccc(C(N)c2ccc3c(c2)OCO3)cc1Cl. The van der Waals surface area contributed by atoms with Crippen LogP contribution in [0.15, 0.2) is 36.4 Å². The molecule has 1 atom stereocenters. The lowest BCUT2D eigenvalue weighted by Crippen LogP contribution is -2.11. The topological polar surface area (TPSA) is 53.7 Å². The van der Waals surface area contributed by atoms with Crippen molar-refractivity contribution in [3.8, 4) is 17.2 Å². The molecule has 0 aliphatic carbocycles. The van der Waals surface area contributed by atoms with Crippen molar-refractivity contribution in [1.29, 1.82) is 0 Å². The normalized spacial score (nSPS) is 14.2. The van der Waals surface area contributed by atoms with Crippen molar-refractivity contribution >= 4 is 11.6 Å². The minimum atomic E-state index is -0.284. The fourth-order valence-electron chi connectivity index (χ4n) is 2.18. The van der Waals surface area contributed by atoms with E-state index < -0.39 is 0 Å². The first-order valence-corrected chi connectivity index (χ1v) is 6.55. The predicted octanol–water partition coefficient (Wildman–Crippen LogP) is 3.13. The summed E-state index contributed by atoms with van der Waals surface area (Å²) in [5.41, 5.74) is 8.13. The summed E-state index contributed by atoms with van der Waals surface area (Å²) in [5.74, 6) is 2.10. The van der Waals surface area contributed by atoms with Gasteiger partial charge >= 0.3 is 0 Å². The Balaban J connectivity index is 1.92. The molecule has 3 rings (SSSR count). The fourth-order valence-corrected chi connectivity index (χ4v) is 2.44. The van der Waals surface area contributed by atoms with Crippen molar-refractivity contribution in [1.82, 2.24) is 0 Å². The molecule has 0 fully saturated rings. The highest BCUT2D eigenvalue weighted by Crippen LogP contribution is 2.36. The Labute approximate surface area is 122 Å². The second kappa shape index (κ2) is 5.23. The Morgan fingerprint density at radius 2 is 1.80 bits per heavy atom. The van der Waals surface area contributed by atoms with E-state index in [0.29, 0.717) is 10.8 Å². The van der Waals surface area contributed by atoms with E-state index >= 15 is 0 Å². The van der Waals surface area contributed by atoms with E-state index in [1.165, 1.54) is 0 Å². The molecule has 2 N–H and O–H groups in total. The first kappa shape index (κ1) is 13.1. The van der Waals surface area contributed by atoms with Crippen LogP contribution in [0.5, 0.6) is 17.2 Å². The molecule has 0 saturated heterocycles. The first-order valence-electron chi connectivity index (χ1n) is 6.17. The smallest absolute Gasteiger partial charge is 0.231 e. The van der Waals surface area contributed by atoms with Crippen LogP contribution in [0, 0.1) is 0 Å². The molecule has 1 unspecified atom stereocenters. The van der Waals surface area contributed by atoms with Crippen molar-refractivity contribution in [3.63, 3.8) is 0 Å². The number of benzene rings is 2. The minimum Gasteiger partial charge on any atom is -0.495 e. The number of hydrogen-bond acceptors (Lipinski definition) is 4. The van der Waals surface area contributed by atoms with Gasteiger partial charge in [0.05, 0.1) is 18.2 Å². The zero-order chi connectivity index (χ0) is 14.1. The first-order chi connectivity index (χ1) is 9.69. The Hall–Kier alpha value is -1.91. The monoisotopic (exact) mass is 291 g/mol. The summed E-state index contributed by atoms with van der Waals surface area (Å²) in [7, 11) is 1.58. The number of nitrogens with two attached hydrogens (primary N) is 1. The third-order valence-electron chi connectivity index (χ3n) is 3.29. The standard InChI is InChI=1S/C15H14ClNO3/c1-18-12-4-2-9(6-11(12)16)15(17)10-3-5-13-14(7-10)20-8-19-13/h2-7,15H,8,17H2,1H3. The van der Waals surface area contributed by atoms with Crippen LogP contribution in [0.1, 0.15) is 17.2 Å². The summed E-state index contributed by atoms with van der Waals surface area (Å²) in [4.78, 5) is 0. The van der Waals surface area contributed by atoms with E-state index in [-0.39, 0.29) is 12.8 Å². The molecule has 104 valence electrons. The zero-order valence-corrected chi connectivity index (χ0v) is 11.7. The Bertz CT molecular complexity index is 645. The molecule has 0 saturated carbocycles. The van der Waals surface area contributed by atoms with Crippen LogP contribution in [-0.2, 0) is 0 Å². The lowest BCUT2D eigenvalue weighted by Gasteiger charge is -2.14. The molecule has 0 amide bonds. The molecule has 1 heterocycles. The van der Waals surface area contributed by atoms with Gasteiger partial charge in [0.25, 0.3) is 0 Å². The van der Waals surface area contributed by atoms with Crippen molar-refractivity contribution in [2.45, 2.75) is 6.04 Å². The minimum absolute atomic E-state index is 0.252. The van der Waals surface area contributed by atoms with Gasteiger partial charge < -0.3 is 19.9 Å². The van der Waals surface area contributed by atoms with Crippen LogP contribution in [0.25, 0.3) is 0 Å². The summed E-state index contributed by atoms with van der Waals surface area (Å²) in [6.45, 7) is 0.252. The van der Waals surface area contributed by atoms with Crippen LogP contribution in [-0.4, -0.2) is 13.9 Å². The van der Waals surface area contributed by atoms with Crippen molar-refractivity contribution < 1.29 is 14.2 Å². The summed E-state index contributed by atoms with van der Waals surface area (Å²) >= 11 is 6.13. The van der Waals surface area contributed by atoms with E-state index in [0.717, 1.165) is 22.6 Å². The van der Waals surface area contributed by atoms with Gasteiger partial charge in [-0.3, -0.25) is 0 Å². The lowest BCUT2D eigenvalue weighted by molar-refractivity contribution is 0.174. The number of fused-ring (bicyclic) bond motifs is 1. The van der Waals surface area contributed by atoms with Gasteiger partial charge in [-0.25, -0.2) is 0 Å². The van der Waals surface area contributed by atoms with Crippen LogP contribution in [0.2, 0.25) is 5.02 Å². The summed E-state index contributed by atoms with van der Waals surface area (Å²) < 4.78 is 15.8. The third-order valence-corrected chi connectivity index (χ3v) is 3.59. The molecule has 1 aliphatic rings. The molecule has 4 nitrogen and oxygen atoms in total. The van der Waals surface area contributed by atoms with E-state index in [2.05, 4.69) is 0 Å². The molecule has 0 aromatic heterocycles. The number of methoxy groups -OCH3 is 1. The van der Waals surface area contributed by atoms with Gasteiger partial charge in [-0.1, -0.05) is 23.7 Å². The van der Waals surface area contributed by atoms with Crippen LogP contribution in [0.4, 0.5) is 0 Å². The molecular formula is C15H14ClNO3. The summed E-state index contributed by atoms with van der Waals surface area (Å²) in [6, 6.07) is 10.9. The van der Waals surface area contributed by atoms with E-state index in [1.807, 2.05) is 36.4 Å². The molecule has 0 bridgehead atoms. The molecular weight excluding hydrogens is 278 g/mol. The average molecular weight is 292 g/mol. The highest BCUT2D eigenvalue weighted by molar-refractivity contribution is 6.32.